The molecule has 1 amide bonds. The lowest BCUT2D eigenvalue weighted by Crippen LogP contribution is -2.29. The number of hydrogen-bond acceptors (Lipinski definition) is 6. The molecule has 36 heavy (non-hydrogen) atoms. The molecule has 0 spiro atoms. The maximum absolute atomic E-state index is 13.2. The number of ether oxygens (including phenoxy) is 1. The minimum Gasteiger partial charge on any atom is -0.449 e. The molecule has 0 radical (unpaired) electrons. The number of carbonyl (C=O) groups is 3. The molecule has 8 heteroatoms. The van der Waals surface area contributed by atoms with Gasteiger partial charge in [0, 0.05) is 36.7 Å². The molecule has 0 saturated carbocycles. The van der Waals surface area contributed by atoms with Crippen LogP contribution in [0, 0.1) is 0 Å². The van der Waals surface area contributed by atoms with E-state index in [2.05, 4.69) is 12.0 Å². The number of anilines is 1. The van der Waals surface area contributed by atoms with Crippen LogP contribution in [0.4, 0.5) is 5.69 Å². The van der Waals surface area contributed by atoms with Gasteiger partial charge >= 0.3 is 5.97 Å². The number of aromatic nitrogens is 2. The fourth-order valence-electron chi connectivity index (χ4n) is 4.61. The van der Waals surface area contributed by atoms with Crippen molar-refractivity contribution in [3.63, 3.8) is 0 Å². The third-order valence-electron chi connectivity index (χ3n) is 6.58. The lowest BCUT2D eigenvalue weighted by Gasteiger charge is -2.16. The minimum absolute atomic E-state index is 0.0198. The zero-order valence-electron chi connectivity index (χ0n) is 21.0. The summed E-state index contributed by atoms with van der Waals surface area (Å²) in [6, 6.07) is 12.0. The molecule has 8 nitrogen and oxygen atoms in total. The molecule has 2 aromatic carbocycles. The summed E-state index contributed by atoms with van der Waals surface area (Å²) in [6.07, 6.45) is 3.50. The normalized spacial score (nSPS) is 13.5. The van der Waals surface area contributed by atoms with Crippen LogP contribution < -0.4 is 10.5 Å². The predicted octanol–water partition coefficient (Wildman–Crippen LogP) is 4.31. The quantitative estimate of drug-likeness (QED) is 0.252. The largest absolute Gasteiger partial charge is 0.449 e. The van der Waals surface area contributed by atoms with Crippen molar-refractivity contribution in [2.45, 2.75) is 65.5 Å². The highest BCUT2D eigenvalue weighted by Crippen LogP contribution is 2.29. The smallest absolute Gasteiger partial charge is 0.360 e. The Balaban J connectivity index is 1.55. The van der Waals surface area contributed by atoms with Gasteiger partial charge in [-0.1, -0.05) is 44.4 Å². The van der Waals surface area contributed by atoms with Gasteiger partial charge in [0.2, 0.25) is 11.7 Å². The lowest BCUT2D eigenvalue weighted by atomic mass is 10.0. The molecule has 0 bridgehead atoms. The first-order valence-electron chi connectivity index (χ1n) is 12.5. The Labute approximate surface area is 209 Å². The molecule has 0 saturated heterocycles. The minimum atomic E-state index is -1.05. The van der Waals surface area contributed by atoms with E-state index in [1.807, 2.05) is 0 Å². The number of nitrogens with zero attached hydrogens (tertiary/aromatic N) is 3. The average Bonchev–Trinajstić information content (AvgIpc) is 3.31. The predicted molar refractivity (Wildman–Crippen MR) is 138 cm³/mol. The van der Waals surface area contributed by atoms with Gasteiger partial charge in [-0.15, -0.1) is 0 Å². The van der Waals surface area contributed by atoms with E-state index < -0.39 is 12.1 Å². The van der Waals surface area contributed by atoms with Crippen molar-refractivity contribution in [2.24, 2.45) is 0 Å². The molecule has 3 aromatic rings. The number of fused-ring (bicyclic) bond motifs is 2. The first-order valence-corrected chi connectivity index (χ1v) is 12.5. The summed E-state index contributed by atoms with van der Waals surface area (Å²) in [5.74, 6) is -1.13. The molecular formula is C28H31N3O5. The highest BCUT2D eigenvalue weighted by Gasteiger charge is 2.27. The van der Waals surface area contributed by atoms with Gasteiger partial charge in [-0.2, -0.15) is 5.10 Å². The highest BCUT2D eigenvalue weighted by molar-refractivity contribution is 6.05. The van der Waals surface area contributed by atoms with E-state index in [0.717, 1.165) is 36.9 Å². The summed E-state index contributed by atoms with van der Waals surface area (Å²) in [5, 5.41) is 5.13. The number of carbonyl (C=O) groups excluding carboxylic acids is 3. The van der Waals surface area contributed by atoms with Crippen molar-refractivity contribution < 1.29 is 19.1 Å². The van der Waals surface area contributed by atoms with E-state index in [4.69, 9.17) is 4.74 Å². The molecule has 0 N–H and O–H groups in total. The fourth-order valence-corrected chi connectivity index (χ4v) is 4.61. The summed E-state index contributed by atoms with van der Waals surface area (Å²) in [6.45, 7) is 6.14. The maximum atomic E-state index is 13.2. The number of benzene rings is 2. The van der Waals surface area contributed by atoms with Gasteiger partial charge < -0.3 is 9.64 Å². The zero-order valence-corrected chi connectivity index (χ0v) is 21.0. The van der Waals surface area contributed by atoms with Crippen LogP contribution in [0.2, 0.25) is 0 Å². The van der Waals surface area contributed by atoms with Crippen LogP contribution in [0.1, 0.15) is 72.9 Å². The van der Waals surface area contributed by atoms with Crippen LogP contribution in [0.25, 0.3) is 10.8 Å². The fraction of sp³-hybridized carbons (Fsp3) is 0.393. The van der Waals surface area contributed by atoms with Gasteiger partial charge in [0.1, 0.15) is 0 Å². The molecule has 1 aromatic heterocycles. The molecule has 1 atom stereocenters. The van der Waals surface area contributed by atoms with Crippen LogP contribution in [0.15, 0.2) is 47.3 Å². The summed E-state index contributed by atoms with van der Waals surface area (Å²) < 4.78 is 6.87. The second kappa shape index (κ2) is 10.8. The number of esters is 1. The Hall–Kier alpha value is -3.81. The topological polar surface area (TPSA) is 98.6 Å². The number of aryl methyl sites for hydroxylation is 1. The van der Waals surface area contributed by atoms with Gasteiger partial charge in [-0.25, -0.2) is 9.48 Å². The van der Waals surface area contributed by atoms with Crippen LogP contribution in [0.3, 0.4) is 0 Å². The third kappa shape index (κ3) is 5.08. The number of amides is 1. The Morgan fingerprint density at radius 1 is 1.06 bits per heavy atom. The molecule has 1 aliphatic rings. The van der Waals surface area contributed by atoms with Crippen molar-refractivity contribution in [1.29, 1.82) is 0 Å². The third-order valence-corrected chi connectivity index (χ3v) is 6.58. The molecule has 0 aliphatic carbocycles. The van der Waals surface area contributed by atoms with E-state index in [0.29, 0.717) is 35.8 Å². The van der Waals surface area contributed by atoms with Gasteiger partial charge in [0.15, 0.2) is 11.8 Å². The van der Waals surface area contributed by atoms with Crippen LogP contribution >= 0.6 is 0 Å². The SMILES string of the molecule is CCCCCCn1nc(C(=O)OC(C)C(=O)c2ccc3c(c2)CCN3C(C)=O)c2ccccc2c1=O. The van der Waals surface area contributed by atoms with E-state index in [-0.39, 0.29) is 22.9 Å². The molecular weight excluding hydrogens is 458 g/mol. The molecule has 1 unspecified atom stereocenters. The average molecular weight is 490 g/mol. The van der Waals surface area contributed by atoms with Gasteiger partial charge in [-0.05, 0) is 49.6 Å². The first-order chi connectivity index (χ1) is 17.3. The van der Waals surface area contributed by atoms with Crippen LogP contribution in [-0.4, -0.2) is 40.1 Å². The van der Waals surface area contributed by atoms with E-state index >= 15 is 0 Å². The molecule has 188 valence electrons. The summed E-state index contributed by atoms with van der Waals surface area (Å²) in [7, 11) is 0. The Kier molecular flexibility index (Phi) is 7.62. The number of ketones is 1. The standard InChI is InChI=1S/C28H31N3O5/c1-4-5-6-9-15-31-27(34)23-11-8-7-10-22(23)25(29-31)28(35)36-18(2)26(33)21-12-13-24-20(17-21)14-16-30(24)19(3)32/h7-8,10-13,17-18H,4-6,9,14-16H2,1-3H3. The zero-order chi connectivity index (χ0) is 25.8. The second-order valence-electron chi connectivity index (χ2n) is 9.16. The monoisotopic (exact) mass is 489 g/mol. The van der Waals surface area contributed by atoms with Gasteiger partial charge in [0.25, 0.3) is 5.56 Å². The van der Waals surface area contributed by atoms with Crippen molar-refractivity contribution in [3.05, 3.63) is 69.6 Å². The van der Waals surface area contributed by atoms with E-state index in [1.54, 1.807) is 47.4 Å². The Morgan fingerprint density at radius 3 is 2.53 bits per heavy atom. The summed E-state index contributed by atoms with van der Waals surface area (Å²) in [4.78, 5) is 52.6. The van der Waals surface area contributed by atoms with Crippen molar-refractivity contribution in [3.8, 4) is 0 Å². The molecule has 1 aliphatic heterocycles. The number of hydrogen-bond donors (Lipinski definition) is 0. The van der Waals surface area contributed by atoms with Crippen molar-refractivity contribution in [1.82, 2.24) is 9.78 Å². The first kappa shape index (κ1) is 25.3. The van der Waals surface area contributed by atoms with Gasteiger partial charge in [0.05, 0.1) is 5.39 Å². The molecule has 0 fully saturated rings. The van der Waals surface area contributed by atoms with Crippen molar-refractivity contribution in [2.75, 3.05) is 11.4 Å². The molecule has 4 rings (SSSR count). The Morgan fingerprint density at radius 2 is 1.81 bits per heavy atom. The second-order valence-corrected chi connectivity index (χ2v) is 9.16. The molecule has 2 heterocycles. The summed E-state index contributed by atoms with van der Waals surface area (Å²) in [5.41, 5.74) is 1.91. The Bertz CT molecular complexity index is 1380. The van der Waals surface area contributed by atoms with E-state index in [9.17, 15) is 19.2 Å². The van der Waals surface area contributed by atoms with E-state index in [1.165, 1.54) is 18.5 Å². The number of rotatable bonds is 9. The number of Topliss-reactive ketones (excluding diaryl/α,β-unsaturated/α-hetero) is 1. The van der Waals surface area contributed by atoms with Crippen LogP contribution in [-0.2, 0) is 22.5 Å². The lowest BCUT2D eigenvalue weighted by molar-refractivity contribution is -0.116. The van der Waals surface area contributed by atoms with Crippen LogP contribution in [0.5, 0.6) is 0 Å². The van der Waals surface area contributed by atoms with Gasteiger partial charge in [-0.3, -0.25) is 14.4 Å². The highest BCUT2D eigenvalue weighted by atomic mass is 16.5. The summed E-state index contributed by atoms with van der Waals surface area (Å²) >= 11 is 0. The van der Waals surface area contributed by atoms with Crippen molar-refractivity contribution >= 4 is 34.1 Å². The maximum Gasteiger partial charge on any atom is 0.360 e. The number of unbranched alkanes of at least 4 members (excludes halogenated alkanes) is 3.